The number of rotatable bonds is 4. The number of nitrogens with zero attached hydrogens (tertiary/aromatic N) is 4. The Morgan fingerprint density at radius 1 is 1.15 bits per heavy atom. The van der Waals surface area contributed by atoms with E-state index in [1.54, 1.807) is 19.5 Å². The summed E-state index contributed by atoms with van der Waals surface area (Å²) in [5.41, 5.74) is 1.52. The third-order valence-electron chi connectivity index (χ3n) is 4.84. The van der Waals surface area contributed by atoms with Crippen LogP contribution in [0.15, 0.2) is 36.7 Å². The molecule has 1 aliphatic rings. The Morgan fingerprint density at radius 3 is 2.35 bits per heavy atom. The molecule has 2 heterocycles. The molecular weight excluding hydrogens is 328 g/mol. The second-order valence-corrected chi connectivity index (χ2v) is 7.13. The lowest BCUT2D eigenvalue weighted by Crippen LogP contribution is -2.60. The molecule has 138 valence electrons. The molecule has 1 amide bonds. The normalized spacial score (nSPS) is 16.5. The van der Waals surface area contributed by atoms with E-state index in [2.05, 4.69) is 40.8 Å². The van der Waals surface area contributed by atoms with E-state index in [-0.39, 0.29) is 11.4 Å². The molecule has 0 N–H and O–H groups in total. The molecule has 1 aromatic carbocycles. The summed E-state index contributed by atoms with van der Waals surface area (Å²) in [5, 5.41) is 0. The summed E-state index contributed by atoms with van der Waals surface area (Å²) in [5.74, 6) is 1.59. The van der Waals surface area contributed by atoms with Crippen molar-refractivity contribution < 1.29 is 9.53 Å². The molecule has 3 rings (SSSR count). The van der Waals surface area contributed by atoms with Crippen LogP contribution in [0.1, 0.15) is 37.0 Å². The van der Waals surface area contributed by atoms with Crippen LogP contribution in [0.5, 0.6) is 5.75 Å². The van der Waals surface area contributed by atoms with Crippen LogP contribution in [-0.2, 0) is 6.42 Å². The zero-order valence-corrected chi connectivity index (χ0v) is 15.9. The fourth-order valence-corrected chi connectivity index (χ4v) is 3.40. The molecule has 26 heavy (non-hydrogen) atoms. The van der Waals surface area contributed by atoms with E-state index in [1.165, 1.54) is 0 Å². The van der Waals surface area contributed by atoms with Gasteiger partial charge in [-0.15, -0.1) is 0 Å². The van der Waals surface area contributed by atoms with Gasteiger partial charge in [0.25, 0.3) is 5.91 Å². The summed E-state index contributed by atoms with van der Waals surface area (Å²) in [6.07, 6.45) is 4.04. The zero-order chi connectivity index (χ0) is 18.7. The van der Waals surface area contributed by atoms with Crippen molar-refractivity contribution in [3.8, 4) is 5.75 Å². The van der Waals surface area contributed by atoms with Crippen molar-refractivity contribution in [2.75, 3.05) is 31.6 Å². The summed E-state index contributed by atoms with van der Waals surface area (Å²) in [6.45, 7) is 8.41. The number of ether oxygens (including phenoxy) is 1. The lowest BCUT2D eigenvalue weighted by Gasteiger charge is -2.48. The molecule has 6 nitrogen and oxygen atoms in total. The summed E-state index contributed by atoms with van der Waals surface area (Å²) in [6, 6.07) is 8.07. The number of anilines is 1. The van der Waals surface area contributed by atoms with Crippen LogP contribution in [0, 0.1) is 0 Å². The van der Waals surface area contributed by atoms with Gasteiger partial charge < -0.3 is 14.5 Å². The number of aryl methyl sites for hydroxylation is 1. The number of amides is 1. The first-order valence-corrected chi connectivity index (χ1v) is 8.96. The minimum Gasteiger partial charge on any atom is -0.497 e. The van der Waals surface area contributed by atoms with Gasteiger partial charge in [0.15, 0.2) is 0 Å². The van der Waals surface area contributed by atoms with Crippen molar-refractivity contribution in [1.82, 2.24) is 14.9 Å². The van der Waals surface area contributed by atoms with E-state index in [0.29, 0.717) is 18.7 Å². The van der Waals surface area contributed by atoms with Crippen molar-refractivity contribution in [3.63, 3.8) is 0 Å². The highest BCUT2D eigenvalue weighted by atomic mass is 16.5. The molecule has 0 saturated carbocycles. The Bertz CT molecular complexity index is 756. The Labute approximate surface area is 154 Å². The first kappa shape index (κ1) is 18.2. The van der Waals surface area contributed by atoms with Gasteiger partial charge in [0, 0.05) is 44.1 Å². The first-order chi connectivity index (χ1) is 12.4. The van der Waals surface area contributed by atoms with E-state index < -0.39 is 0 Å². The van der Waals surface area contributed by atoms with Gasteiger partial charge in [-0.2, -0.15) is 0 Å². The van der Waals surface area contributed by atoms with Crippen molar-refractivity contribution in [2.24, 2.45) is 0 Å². The molecule has 0 atom stereocenters. The van der Waals surface area contributed by atoms with E-state index >= 15 is 0 Å². The molecule has 1 fully saturated rings. The smallest absolute Gasteiger partial charge is 0.257 e. The quantitative estimate of drug-likeness (QED) is 0.845. The van der Waals surface area contributed by atoms with Crippen molar-refractivity contribution in [3.05, 3.63) is 48.0 Å². The number of piperazine rings is 1. The molecule has 6 heteroatoms. The van der Waals surface area contributed by atoms with E-state index in [1.807, 2.05) is 24.0 Å². The number of methoxy groups -OCH3 is 1. The van der Waals surface area contributed by atoms with Gasteiger partial charge in [0.1, 0.15) is 11.6 Å². The van der Waals surface area contributed by atoms with Crippen LogP contribution >= 0.6 is 0 Å². The second kappa shape index (κ2) is 7.32. The molecule has 1 aromatic heterocycles. The maximum atomic E-state index is 12.8. The van der Waals surface area contributed by atoms with Crippen LogP contribution in [0.3, 0.4) is 0 Å². The SMILES string of the molecule is CCc1ncc(C(=O)N2CCN(c3ccc(OC)cc3)C(C)(C)C2)cn1. The molecule has 2 aromatic rings. The number of hydrogen-bond donors (Lipinski definition) is 0. The van der Waals surface area contributed by atoms with Gasteiger partial charge in [-0.25, -0.2) is 9.97 Å². The summed E-state index contributed by atoms with van der Waals surface area (Å²) >= 11 is 0. The zero-order valence-electron chi connectivity index (χ0n) is 15.9. The van der Waals surface area contributed by atoms with E-state index in [4.69, 9.17) is 4.74 Å². The lowest BCUT2D eigenvalue weighted by molar-refractivity contribution is 0.0685. The number of benzene rings is 1. The molecule has 0 aliphatic carbocycles. The fraction of sp³-hybridized carbons (Fsp3) is 0.450. The van der Waals surface area contributed by atoms with Crippen LogP contribution in [0.2, 0.25) is 0 Å². The Morgan fingerprint density at radius 2 is 1.81 bits per heavy atom. The number of carbonyl (C=O) groups is 1. The molecule has 0 unspecified atom stereocenters. The van der Waals surface area contributed by atoms with Gasteiger partial charge in [0.05, 0.1) is 18.2 Å². The van der Waals surface area contributed by atoms with Gasteiger partial charge in [-0.05, 0) is 38.1 Å². The summed E-state index contributed by atoms with van der Waals surface area (Å²) in [4.78, 5) is 25.6. The average Bonchev–Trinajstić information content (AvgIpc) is 2.67. The number of aromatic nitrogens is 2. The highest BCUT2D eigenvalue weighted by Crippen LogP contribution is 2.29. The topological polar surface area (TPSA) is 58.6 Å². The average molecular weight is 354 g/mol. The number of carbonyl (C=O) groups excluding carboxylic acids is 1. The van der Waals surface area contributed by atoms with Gasteiger partial charge >= 0.3 is 0 Å². The van der Waals surface area contributed by atoms with Crippen LogP contribution in [0.25, 0.3) is 0 Å². The van der Waals surface area contributed by atoms with Crippen LogP contribution < -0.4 is 9.64 Å². The molecule has 0 bridgehead atoms. The van der Waals surface area contributed by atoms with E-state index in [9.17, 15) is 4.79 Å². The van der Waals surface area contributed by atoms with Crippen molar-refractivity contribution in [2.45, 2.75) is 32.7 Å². The Balaban J connectivity index is 1.73. The predicted octanol–water partition coefficient (Wildman–Crippen LogP) is 2.79. The predicted molar refractivity (Wildman–Crippen MR) is 102 cm³/mol. The highest BCUT2D eigenvalue weighted by molar-refractivity contribution is 5.93. The van der Waals surface area contributed by atoms with Crippen molar-refractivity contribution >= 4 is 11.6 Å². The van der Waals surface area contributed by atoms with Gasteiger partial charge in [-0.1, -0.05) is 6.92 Å². The Hall–Kier alpha value is -2.63. The molecule has 1 saturated heterocycles. The molecule has 0 spiro atoms. The van der Waals surface area contributed by atoms with Crippen LogP contribution in [-0.4, -0.2) is 53.1 Å². The third-order valence-corrected chi connectivity index (χ3v) is 4.84. The Kier molecular flexibility index (Phi) is 5.11. The second-order valence-electron chi connectivity index (χ2n) is 7.13. The fourth-order valence-electron chi connectivity index (χ4n) is 3.40. The first-order valence-electron chi connectivity index (χ1n) is 8.96. The maximum absolute atomic E-state index is 12.8. The highest BCUT2D eigenvalue weighted by Gasteiger charge is 2.36. The van der Waals surface area contributed by atoms with Gasteiger partial charge in [-0.3, -0.25) is 4.79 Å². The monoisotopic (exact) mass is 354 g/mol. The third kappa shape index (κ3) is 3.64. The largest absolute Gasteiger partial charge is 0.497 e. The minimum atomic E-state index is -0.174. The van der Waals surface area contributed by atoms with Crippen molar-refractivity contribution in [1.29, 1.82) is 0 Å². The van der Waals surface area contributed by atoms with E-state index in [0.717, 1.165) is 30.2 Å². The lowest BCUT2D eigenvalue weighted by atomic mass is 9.97. The maximum Gasteiger partial charge on any atom is 0.257 e. The molecule has 1 aliphatic heterocycles. The molecular formula is C20H26N4O2. The summed E-state index contributed by atoms with van der Waals surface area (Å²) < 4.78 is 5.24. The standard InChI is InChI=1S/C20H26N4O2/c1-5-18-21-12-15(13-22-18)19(25)23-10-11-24(20(2,3)14-23)16-6-8-17(26-4)9-7-16/h6-9,12-13H,5,10-11,14H2,1-4H3. The molecule has 0 radical (unpaired) electrons. The number of hydrogen-bond acceptors (Lipinski definition) is 5. The summed E-state index contributed by atoms with van der Waals surface area (Å²) in [7, 11) is 1.67. The minimum absolute atomic E-state index is 0.00453. The van der Waals surface area contributed by atoms with Crippen LogP contribution in [0.4, 0.5) is 5.69 Å². The van der Waals surface area contributed by atoms with Gasteiger partial charge in [0.2, 0.25) is 0 Å².